The van der Waals surface area contributed by atoms with Crippen LogP contribution in [0.3, 0.4) is 0 Å². The van der Waals surface area contributed by atoms with E-state index in [1.165, 1.54) is 23.8 Å². The van der Waals surface area contributed by atoms with E-state index < -0.39 is 10.7 Å². The van der Waals surface area contributed by atoms with Gasteiger partial charge in [0.15, 0.2) is 5.58 Å². The molecule has 25 heavy (non-hydrogen) atoms. The van der Waals surface area contributed by atoms with Gasteiger partial charge in [-0.1, -0.05) is 11.6 Å². The van der Waals surface area contributed by atoms with Crippen molar-refractivity contribution in [1.29, 1.82) is 0 Å². The monoisotopic (exact) mass is 360 g/mol. The summed E-state index contributed by atoms with van der Waals surface area (Å²) in [6.07, 6.45) is 1.81. The Hall–Kier alpha value is -2.80. The second-order valence-corrected chi connectivity index (χ2v) is 6.34. The normalized spacial score (nSPS) is 14.0. The van der Waals surface area contributed by atoms with Gasteiger partial charge in [0, 0.05) is 18.2 Å². The number of benzene rings is 2. The van der Waals surface area contributed by atoms with Crippen LogP contribution in [0.2, 0.25) is 5.02 Å². The molecule has 0 N–H and O–H groups in total. The van der Waals surface area contributed by atoms with E-state index in [4.69, 9.17) is 20.8 Å². The first-order valence-corrected chi connectivity index (χ1v) is 8.05. The minimum absolute atomic E-state index is 0.0850. The average molecular weight is 361 g/mol. The summed E-state index contributed by atoms with van der Waals surface area (Å²) >= 11 is 6.34. The van der Waals surface area contributed by atoms with Crippen molar-refractivity contribution in [2.45, 2.75) is 18.8 Å². The third-order valence-electron chi connectivity index (χ3n) is 4.32. The first kappa shape index (κ1) is 15.7. The van der Waals surface area contributed by atoms with Crippen LogP contribution < -0.4 is 10.5 Å². The first-order chi connectivity index (χ1) is 12.0. The van der Waals surface area contributed by atoms with Crippen LogP contribution in [0.15, 0.2) is 39.5 Å². The van der Waals surface area contributed by atoms with Gasteiger partial charge in [0.25, 0.3) is 5.69 Å². The summed E-state index contributed by atoms with van der Waals surface area (Å²) in [5, 5.41) is 11.3. The van der Waals surface area contributed by atoms with E-state index >= 15 is 0 Å². The summed E-state index contributed by atoms with van der Waals surface area (Å²) < 4.78 is 11.8. The molecule has 8 heteroatoms. The van der Waals surface area contributed by atoms with Crippen molar-refractivity contribution in [2.24, 2.45) is 0 Å². The molecule has 0 spiro atoms. The molecule has 0 atom stereocenters. The van der Waals surface area contributed by atoms with Crippen LogP contribution in [0.4, 0.5) is 5.69 Å². The number of oxazole rings is 1. The SMILES string of the molecule is COc1ccc2c(c1)oc(=O)n2-c1c(Cl)cc([N+](=O)[O-])cc1C1CC1. The molecule has 0 unspecified atom stereocenters. The van der Waals surface area contributed by atoms with Crippen molar-refractivity contribution in [1.82, 2.24) is 4.57 Å². The highest BCUT2D eigenvalue weighted by Crippen LogP contribution is 2.46. The van der Waals surface area contributed by atoms with Crippen LogP contribution in [0.5, 0.6) is 5.75 Å². The summed E-state index contributed by atoms with van der Waals surface area (Å²) in [5.74, 6) is 0.119. The fourth-order valence-corrected chi connectivity index (χ4v) is 3.30. The van der Waals surface area contributed by atoms with Gasteiger partial charge < -0.3 is 9.15 Å². The Labute approximate surface area is 146 Å². The Bertz CT molecular complexity index is 1060. The summed E-state index contributed by atoms with van der Waals surface area (Å²) in [4.78, 5) is 23.1. The zero-order valence-electron chi connectivity index (χ0n) is 13.2. The lowest BCUT2D eigenvalue weighted by atomic mass is 10.1. The van der Waals surface area contributed by atoms with Crippen molar-refractivity contribution >= 4 is 28.4 Å². The lowest BCUT2D eigenvalue weighted by Gasteiger charge is -2.12. The van der Waals surface area contributed by atoms with Crippen LogP contribution in [0.25, 0.3) is 16.8 Å². The molecular weight excluding hydrogens is 348 g/mol. The zero-order valence-corrected chi connectivity index (χ0v) is 13.9. The molecule has 0 radical (unpaired) electrons. The second-order valence-electron chi connectivity index (χ2n) is 5.93. The highest BCUT2D eigenvalue weighted by Gasteiger charge is 2.31. The van der Waals surface area contributed by atoms with Crippen molar-refractivity contribution in [3.8, 4) is 11.4 Å². The molecular formula is C17H13ClN2O5. The topological polar surface area (TPSA) is 87.5 Å². The number of aromatic nitrogens is 1. The van der Waals surface area contributed by atoms with Gasteiger partial charge in [0.1, 0.15) is 5.75 Å². The molecule has 0 bridgehead atoms. The fourth-order valence-electron chi connectivity index (χ4n) is 2.99. The van der Waals surface area contributed by atoms with Gasteiger partial charge in [-0.2, -0.15) is 0 Å². The number of nitrogens with zero attached hydrogens (tertiary/aromatic N) is 2. The number of halogens is 1. The van der Waals surface area contributed by atoms with Gasteiger partial charge in [-0.05, 0) is 36.5 Å². The smallest absolute Gasteiger partial charge is 0.424 e. The molecule has 3 aromatic rings. The molecule has 0 saturated heterocycles. The molecule has 1 aliphatic carbocycles. The number of rotatable bonds is 4. The van der Waals surface area contributed by atoms with Crippen molar-refractivity contribution < 1.29 is 14.1 Å². The Kier molecular flexibility index (Phi) is 3.54. The summed E-state index contributed by atoms with van der Waals surface area (Å²) in [5.41, 5.74) is 1.95. The number of nitro groups is 1. The van der Waals surface area contributed by atoms with Crippen LogP contribution in [0.1, 0.15) is 24.3 Å². The Morgan fingerprint density at radius 1 is 1.32 bits per heavy atom. The number of methoxy groups -OCH3 is 1. The molecule has 1 aliphatic rings. The number of hydrogen-bond donors (Lipinski definition) is 0. The number of nitro benzene ring substituents is 1. The molecule has 0 amide bonds. The van der Waals surface area contributed by atoms with Crippen LogP contribution in [-0.2, 0) is 0 Å². The van der Waals surface area contributed by atoms with Gasteiger partial charge in [-0.3, -0.25) is 10.1 Å². The van der Waals surface area contributed by atoms with Crippen LogP contribution in [-0.4, -0.2) is 16.6 Å². The molecule has 1 saturated carbocycles. The quantitative estimate of drug-likeness (QED) is 0.517. The highest BCUT2D eigenvalue weighted by molar-refractivity contribution is 6.33. The number of fused-ring (bicyclic) bond motifs is 1. The van der Waals surface area contributed by atoms with Crippen molar-refractivity contribution in [2.75, 3.05) is 7.11 Å². The van der Waals surface area contributed by atoms with E-state index in [-0.39, 0.29) is 16.6 Å². The molecule has 128 valence electrons. The minimum Gasteiger partial charge on any atom is -0.497 e. The molecule has 4 rings (SSSR count). The van der Waals surface area contributed by atoms with E-state index in [2.05, 4.69) is 0 Å². The molecule has 7 nitrogen and oxygen atoms in total. The molecule has 1 aromatic heterocycles. The maximum Gasteiger partial charge on any atom is 0.424 e. The third kappa shape index (κ3) is 2.56. The molecule has 2 aromatic carbocycles. The summed E-state index contributed by atoms with van der Waals surface area (Å²) in [7, 11) is 1.52. The van der Waals surface area contributed by atoms with E-state index in [0.717, 1.165) is 12.8 Å². The second kappa shape index (κ2) is 5.63. The predicted octanol–water partition coefficient (Wildman–Crippen LogP) is 4.03. The maximum atomic E-state index is 12.5. The zero-order chi connectivity index (χ0) is 17.7. The van der Waals surface area contributed by atoms with Crippen molar-refractivity contribution in [3.63, 3.8) is 0 Å². The Morgan fingerprint density at radius 2 is 2.08 bits per heavy atom. The lowest BCUT2D eigenvalue weighted by molar-refractivity contribution is -0.384. The fraction of sp³-hybridized carbons (Fsp3) is 0.235. The van der Waals surface area contributed by atoms with E-state index in [0.29, 0.717) is 28.1 Å². The van der Waals surface area contributed by atoms with E-state index in [1.54, 1.807) is 18.2 Å². The van der Waals surface area contributed by atoms with E-state index in [9.17, 15) is 14.9 Å². The Balaban J connectivity index is 2.02. The van der Waals surface area contributed by atoms with Gasteiger partial charge in [-0.25, -0.2) is 9.36 Å². The maximum absolute atomic E-state index is 12.5. The van der Waals surface area contributed by atoms with Crippen molar-refractivity contribution in [3.05, 3.63) is 61.6 Å². The van der Waals surface area contributed by atoms with Gasteiger partial charge in [-0.15, -0.1) is 0 Å². The number of hydrogen-bond acceptors (Lipinski definition) is 5. The summed E-state index contributed by atoms with van der Waals surface area (Å²) in [6.45, 7) is 0. The third-order valence-corrected chi connectivity index (χ3v) is 4.61. The van der Waals surface area contributed by atoms with Gasteiger partial charge >= 0.3 is 5.76 Å². The average Bonchev–Trinajstić information content (AvgIpc) is 3.37. The van der Waals surface area contributed by atoms with Gasteiger partial charge in [0.05, 0.1) is 28.3 Å². The summed E-state index contributed by atoms with van der Waals surface area (Å²) in [6, 6.07) is 7.78. The molecule has 1 heterocycles. The van der Waals surface area contributed by atoms with Gasteiger partial charge in [0.2, 0.25) is 0 Å². The standard InChI is InChI=1S/C17H13ClN2O5/c1-24-11-4-5-14-15(8-11)25-17(21)19(14)16-12(9-2-3-9)6-10(20(22)23)7-13(16)18/h4-9H,2-3H2,1H3. The van der Waals surface area contributed by atoms with Crippen LogP contribution in [0, 0.1) is 10.1 Å². The highest BCUT2D eigenvalue weighted by atomic mass is 35.5. The molecule has 0 aliphatic heterocycles. The number of non-ortho nitro benzene ring substituents is 1. The Morgan fingerprint density at radius 3 is 2.72 bits per heavy atom. The predicted molar refractivity (Wildman–Crippen MR) is 92.0 cm³/mol. The largest absolute Gasteiger partial charge is 0.497 e. The van der Waals surface area contributed by atoms with Crippen LogP contribution >= 0.6 is 11.6 Å². The lowest BCUT2D eigenvalue weighted by Crippen LogP contribution is -2.14. The minimum atomic E-state index is -0.596. The number of ether oxygens (including phenoxy) is 1. The van der Waals surface area contributed by atoms with E-state index in [1.807, 2.05) is 0 Å². The first-order valence-electron chi connectivity index (χ1n) is 7.67. The molecule has 1 fully saturated rings.